The lowest BCUT2D eigenvalue weighted by atomic mass is 10.0. The molecule has 1 fully saturated rings. The summed E-state index contributed by atoms with van der Waals surface area (Å²) in [5, 5.41) is 6.81. The van der Waals surface area contributed by atoms with E-state index in [2.05, 4.69) is 39.4 Å². The topological polar surface area (TPSA) is 52.1 Å². The highest BCUT2D eigenvalue weighted by molar-refractivity contribution is 5.79. The maximum atomic E-state index is 5.08. The van der Waals surface area contributed by atoms with Crippen molar-refractivity contribution >= 4 is 5.96 Å². The molecule has 0 radical (unpaired) electrons. The van der Waals surface area contributed by atoms with E-state index >= 15 is 0 Å². The van der Waals surface area contributed by atoms with Crippen molar-refractivity contribution in [2.75, 3.05) is 67.1 Å². The van der Waals surface area contributed by atoms with Crippen LogP contribution in [0.3, 0.4) is 0 Å². The Bertz CT molecular complexity index is 324. The van der Waals surface area contributed by atoms with Crippen LogP contribution in [0.1, 0.15) is 32.6 Å². The fourth-order valence-corrected chi connectivity index (χ4v) is 2.98. The molecule has 0 spiro atoms. The lowest BCUT2D eigenvalue weighted by Crippen LogP contribution is -2.46. The number of rotatable bonds is 10. The minimum atomic E-state index is 0.723. The fraction of sp³-hybridized carbons (Fsp3) is 0.941. The van der Waals surface area contributed by atoms with Crippen LogP contribution in [0.4, 0.5) is 0 Å². The third-order valence-electron chi connectivity index (χ3n) is 4.53. The highest BCUT2D eigenvalue weighted by atomic mass is 16.5. The predicted molar refractivity (Wildman–Crippen MR) is 98.2 cm³/mol. The summed E-state index contributed by atoms with van der Waals surface area (Å²) in [6.07, 6.45) is 5.13. The van der Waals surface area contributed by atoms with Crippen molar-refractivity contribution in [3.63, 3.8) is 0 Å². The maximum Gasteiger partial charge on any atom is 0.191 e. The number of piperidine rings is 1. The minimum absolute atomic E-state index is 0.723. The zero-order chi connectivity index (χ0) is 16.9. The van der Waals surface area contributed by atoms with E-state index in [1.807, 2.05) is 7.05 Å². The quantitative estimate of drug-likeness (QED) is 0.356. The van der Waals surface area contributed by atoms with Crippen LogP contribution in [0.25, 0.3) is 0 Å². The number of hydrogen-bond donors (Lipinski definition) is 2. The molecule has 6 heteroatoms. The molecule has 1 aliphatic heterocycles. The van der Waals surface area contributed by atoms with Crippen molar-refractivity contribution in [2.45, 2.75) is 38.6 Å². The Balaban J connectivity index is 2.09. The average Bonchev–Trinajstić information content (AvgIpc) is 2.55. The number of hydrogen-bond acceptors (Lipinski definition) is 4. The van der Waals surface area contributed by atoms with Gasteiger partial charge in [-0.25, -0.2) is 0 Å². The van der Waals surface area contributed by atoms with Gasteiger partial charge in [-0.1, -0.05) is 6.42 Å². The van der Waals surface area contributed by atoms with Crippen molar-refractivity contribution in [3.05, 3.63) is 0 Å². The lowest BCUT2D eigenvalue weighted by molar-refractivity contribution is 0.163. The first-order valence-electron chi connectivity index (χ1n) is 9.03. The predicted octanol–water partition coefficient (Wildman–Crippen LogP) is 0.994. The number of likely N-dealkylation sites (tertiary alicyclic amines) is 1. The largest absolute Gasteiger partial charge is 0.385 e. The summed E-state index contributed by atoms with van der Waals surface area (Å²) in [5.74, 6) is 0.903. The molecular weight excluding hydrogens is 290 g/mol. The van der Waals surface area contributed by atoms with Gasteiger partial charge in [-0.2, -0.15) is 0 Å². The smallest absolute Gasteiger partial charge is 0.191 e. The molecule has 1 atom stereocenters. The Morgan fingerprint density at radius 3 is 2.74 bits per heavy atom. The first kappa shape index (κ1) is 20.2. The third kappa shape index (κ3) is 9.13. The zero-order valence-corrected chi connectivity index (χ0v) is 15.6. The molecule has 1 unspecified atom stereocenters. The molecule has 0 aliphatic carbocycles. The van der Waals surface area contributed by atoms with E-state index in [1.165, 1.54) is 25.8 Å². The SMILES string of the molecule is CN=C(NCCN(C)CCCOC)NCCN1CCCCC1C. The number of nitrogens with zero attached hydrogens (tertiary/aromatic N) is 3. The molecule has 1 heterocycles. The van der Waals surface area contributed by atoms with Gasteiger partial charge in [0.1, 0.15) is 0 Å². The molecule has 0 saturated carbocycles. The summed E-state index contributed by atoms with van der Waals surface area (Å²) < 4.78 is 5.08. The molecule has 23 heavy (non-hydrogen) atoms. The molecular formula is C17H37N5O. The van der Waals surface area contributed by atoms with Gasteiger partial charge >= 0.3 is 0 Å². The molecule has 0 aromatic heterocycles. The monoisotopic (exact) mass is 327 g/mol. The number of methoxy groups -OCH3 is 1. The third-order valence-corrected chi connectivity index (χ3v) is 4.53. The van der Waals surface area contributed by atoms with E-state index in [0.29, 0.717) is 0 Å². The summed E-state index contributed by atoms with van der Waals surface area (Å²) in [6, 6.07) is 0.723. The van der Waals surface area contributed by atoms with E-state index in [4.69, 9.17) is 4.74 Å². The van der Waals surface area contributed by atoms with Crippen LogP contribution in [0.5, 0.6) is 0 Å². The van der Waals surface area contributed by atoms with Gasteiger partial charge in [-0.3, -0.25) is 9.89 Å². The van der Waals surface area contributed by atoms with Gasteiger partial charge in [0.05, 0.1) is 0 Å². The highest BCUT2D eigenvalue weighted by Gasteiger charge is 2.17. The molecule has 1 aliphatic rings. The summed E-state index contributed by atoms with van der Waals surface area (Å²) in [6.45, 7) is 9.43. The Kier molecular flexibility index (Phi) is 11.0. The van der Waals surface area contributed by atoms with Gasteiger partial charge in [-0.05, 0) is 39.8 Å². The standard InChI is InChI=1S/C17H37N5O/c1-16-8-5-6-12-22(16)14-10-20-17(18-2)19-9-13-21(3)11-7-15-23-4/h16H,5-15H2,1-4H3,(H2,18,19,20). The number of ether oxygens (including phenoxy) is 1. The van der Waals surface area contributed by atoms with Crippen molar-refractivity contribution < 1.29 is 4.74 Å². The van der Waals surface area contributed by atoms with Crippen LogP contribution in [-0.2, 0) is 4.74 Å². The maximum absolute atomic E-state index is 5.08. The summed E-state index contributed by atoms with van der Waals surface area (Å²) in [7, 11) is 5.73. The Labute approximate surface area is 142 Å². The number of likely N-dealkylation sites (N-methyl/N-ethyl adjacent to an activating group) is 1. The van der Waals surface area contributed by atoms with E-state index in [1.54, 1.807) is 7.11 Å². The molecule has 0 amide bonds. The second-order valence-corrected chi connectivity index (χ2v) is 6.46. The molecule has 2 N–H and O–H groups in total. The van der Waals surface area contributed by atoms with Crippen molar-refractivity contribution in [1.82, 2.24) is 20.4 Å². The number of nitrogens with one attached hydrogen (secondary N) is 2. The zero-order valence-electron chi connectivity index (χ0n) is 15.6. The summed E-state index contributed by atoms with van der Waals surface area (Å²) in [4.78, 5) is 9.19. The van der Waals surface area contributed by atoms with E-state index in [0.717, 1.165) is 57.8 Å². The van der Waals surface area contributed by atoms with Crippen LogP contribution in [0.2, 0.25) is 0 Å². The van der Waals surface area contributed by atoms with E-state index in [9.17, 15) is 0 Å². The fourth-order valence-electron chi connectivity index (χ4n) is 2.98. The highest BCUT2D eigenvalue weighted by Crippen LogP contribution is 2.15. The normalized spacial score (nSPS) is 20.0. The van der Waals surface area contributed by atoms with Crippen molar-refractivity contribution in [2.24, 2.45) is 4.99 Å². The van der Waals surface area contributed by atoms with Crippen LogP contribution in [0.15, 0.2) is 4.99 Å². The van der Waals surface area contributed by atoms with E-state index in [-0.39, 0.29) is 0 Å². The molecule has 136 valence electrons. The molecule has 6 nitrogen and oxygen atoms in total. The molecule has 0 aromatic carbocycles. The van der Waals surface area contributed by atoms with Crippen LogP contribution in [-0.4, -0.2) is 88.9 Å². The van der Waals surface area contributed by atoms with Gasteiger partial charge in [0.15, 0.2) is 5.96 Å². The summed E-state index contributed by atoms with van der Waals surface area (Å²) >= 11 is 0. The second kappa shape index (κ2) is 12.6. The van der Waals surface area contributed by atoms with Gasteiger partial charge in [0.25, 0.3) is 0 Å². The molecule has 0 bridgehead atoms. The molecule has 0 aromatic rings. The molecule has 1 saturated heterocycles. The second-order valence-electron chi connectivity index (χ2n) is 6.46. The summed E-state index contributed by atoms with van der Waals surface area (Å²) in [5.41, 5.74) is 0. The Morgan fingerprint density at radius 2 is 2.04 bits per heavy atom. The van der Waals surface area contributed by atoms with Gasteiger partial charge in [0, 0.05) is 59.5 Å². The van der Waals surface area contributed by atoms with Gasteiger partial charge in [-0.15, -0.1) is 0 Å². The number of guanidine groups is 1. The Morgan fingerprint density at radius 1 is 1.26 bits per heavy atom. The van der Waals surface area contributed by atoms with E-state index < -0.39 is 0 Å². The van der Waals surface area contributed by atoms with Crippen molar-refractivity contribution in [3.8, 4) is 0 Å². The molecule has 1 rings (SSSR count). The van der Waals surface area contributed by atoms with Crippen molar-refractivity contribution in [1.29, 1.82) is 0 Å². The first-order valence-corrected chi connectivity index (χ1v) is 9.03. The van der Waals surface area contributed by atoms with Crippen LogP contribution < -0.4 is 10.6 Å². The van der Waals surface area contributed by atoms with Gasteiger partial charge < -0.3 is 20.3 Å². The minimum Gasteiger partial charge on any atom is -0.385 e. The first-order chi connectivity index (χ1) is 11.2. The van der Waals surface area contributed by atoms with Gasteiger partial charge in [0.2, 0.25) is 0 Å². The Hall–Kier alpha value is -0.850. The average molecular weight is 328 g/mol. The number of aliphatic imine (C=N–C) groups is 1. The van der Waals surface area contributed by atoms with Crippen LogP contribution in [0, 0.1) is 0 Å². The lowest BCUT2D eigenvalue weighted by Gasteiger charge is -2.33. The van der Waals surface area contributed by atoms with Crippen LogP contribution >= 0.6 is 0 Å².